The highest BCUT2D eigenvalue weighted by Gasteiger charge is 2.42. The van der Waals surface area contributed by atoms with Crippen LogP contribution in [-0.4, -0.2) is 37.5 Å². The molecular weight excluding hydrogens is 548 g/mol. The van der Waals surface area contributed by atoms with E-state index < -0.39 is 42.0 Å². The number of benzene rings is 3. The first-order valence-electron chi connectivity index (χ1n) is 11.1. The van der Waals surface area contributed by atoms with E-state index in [9.17, 15) is 22.8 Å². The molecule has 0 spiro atoms. The Balaban J connectivity index is 1.83. The van der Waals surface area contributed by atoms with Crippen molar-refractivity contribution in [1.29, 1.82) is 0 Å². The molecule has 0 saturated heterocycles. The van der Waals surface area contributed by atoms with E-state index in [0.29, 0.717) is 17.1 Å². The average molecular weight is 569 g/mol. The SMILES string of the molecule is COc1ccc(CN2C(=O)COc3c(cccc3C(F)(F)F)C2C(=O)Nc2ccc(Cl)c(Cl)c2)c(OC)c1. The average Bonchev–Trinajstić information content (AvgIpc) is 3.02. The summed E-state index contributed by atoms with van der Waals surface area (Å²) in [5.74, 6) is -1.23. The smallest absolute Gasteiger partial charge is 0.419 e. The van der Waals surface area contributed by atoms with Gasteiger partial charge in [-0.2, -0.15) is 13.2 Å². The molecule has 1 aliphatic heterocycles. The highest BCUT2D eigenvalue weighted by Crippen LogP contribution is 2.43. The summed E-state index contributed by atoms with van der Waals surface area (Å²) in [5, 5.41) is 3.03. The van der Waals surface area contributed by atoms with Crippen LogP contribution in [0.3, 0.4) is 0 Å². The lowest BCUT2D eigenvalue weighted by Crippen LogP contribution is -2.41. The first kappa shape index (κ1) is 27.4. The van der Waals surface area contributed by atoms with E-state index >= 15 is 0 Å². The number of nitrogens with one attached hydrogen (secondary N) is 1. The number of halogens is 5. The number of rotatable bonds is 6. The molecule has 12 heteroatoms. The Morgan fingerprint density at radius 2 is 1.84 bits per heavy atom. The van der Waals surface area contributed by atoms with Crippen molar-refractivity contribution in [3.8, 4) is 17.2 Å². The number of amides is 2. The minimum Gasteiger partial charge on any atom is -0.497 e. The van der Waals surface area contributed by atoms with Crippen molar-refractivity contribution in [3.63, 3.8) is 0 Å². The topological polar surface area (TPSA) is 77.1 Å². The number of fused-ring (bicyclic) bond motifs is 1. The molecule has 0 aromatic heterocycles. The highest BCUT2D eigenvalue weighted by molar-refractivity contribution is 6.42. The summed E-state index contributed by atoms with van der Waals surface area (Å²) in [5.41, 5.74) is -0.503. The summed E-state index contributed by atoms with van der Waals surface area (Å²) in [7, 11) is 2.90. The Hall–Kier alpha value is -3.63. The van der Waals surface area contributed by atoms with Crippen LogP contribution < -0.4 is 19.5 Å². The van der Waals surface area contributed by atoms with E-state index in [1.807, 2.05) is 0 Å². The van der Waals surface area contributed by atoms with Gasteiger partial charge >= 0.3 is 6.18 Å². The number of carbonyl (C=O) groups excluding carboxylic acids is 2. The van der Waals surface area contributed by atoms with Gasteiger partial charge in [-0.05, 0) is 36.4 Å². The van der Waals surface area contributed by atoms with Gasteiger partial charge < -0.3 is 24.4 Å². The molecule has 1 heterocycles. The van der Waals surface area contributed by atoms with Gasteiger partial charge in [-0.15, -0.1) is 0 Å². The molecule has 38 heavy (non-hydrogen) atoms. The van der Waals surface area contributed by atoms with Crippen LogP contribution >= 0.6 is 23.2 Å². The molecule has 200 valence electrons. The Morgan fingerprint density at radius 3 is 2.50 bits per heavy atom. The van der Waals surface area contributed by atoms with Crippen LogP contribution in [0, 0.1) is 0 Å². The van der Waals surface area contributed by atoms with Crippen LogP contribution in [0.1, 0.15) is 22.7 Å². The number of hydrogen-bond acceptors (Lipinski definition) is 5. The van der Waals surface area contributed by atoms with Crippen molar-refractivity contribution in [2.24, 2.45) is 0 Å². The van der Waals surface area contributed by atoms with E-state index in [-0.39, 0.29) is 27.8 Å². The van der Waals surface area contributed by atoms with Crippen LogP contribution in [0.25, 0.3) is 0 Å². The molecule has 1 unspecified atom stereocenters. The second kappa shape index (κ2) is 11.0. The predicted octanol–water partition coefficient (Wildman–Crippen LogP) is 6.13. The molecular formula is C26H21Cl2F3N2O5. The zero-order chi connectivity index (χ0) is 27.6. The van der Waals surface area contributed by atoms with E-state index in [1.54, 1.807) is 18.2 Å². The first-order valence-corrected chi connectivity index (χ1v) is 11.9. The van der Waals surface area contributed by atoms with Gasteiger partial charge in [-0.3, -0.25) is 9.59 Å². The lowest BCUT2D eigenvalue weighted by molar-refractivity contribution is -0.141. The fraction of sp³-hybridized carbons (Fsp3) is 0.231. The van der Waals surface area contributed by atoms with Crippen molar-refractivity contribution in [2.45, 2.75) is 18.8 Å². The summed E-state index contributed by atoms with van der Waals surface area (Å²) >= 11 is 12.0. The van der Waals surface area contributed by atoms with Gasteiger partial charge in [0, 0.05) is 22.9 Å². The van der Waals surface area contributed by atoms with Crippen molar-refractivity contribution >= 4 is 40.7 Å². The Morgan fingerprint density at radius 1 is 1.08 bits per heavy atom. The van der Waals surface area contributed by atoms with Crippen molar-refractivity contribution in [2.75, 3.05) is 26.1 Å². The third kappa shape index (κ3) is 5.61. The molecule has 0 bridgehead atoms. The predicted molar refractivity (Wildman–Crippen MR) is 135 cm³/mol. The Labute approximate surface area is 226 Å². The molecule has 3 aromatic carbocycles. The second-order valence-electron chi connectivity index (χ2n) is 8.23. The van der Waals surface area contributed by atoms with Gasteiger partial charge in [-0.1, -0.05) is 35.3 Å². The maximum atomic E-state index is 13.8. The van der Waals surface area contributed by atoms with Crippen molar-refractivity contribution in [1.82, 2.24) is 4.90 Å². The third-order valence-corrected chi connectivity index (χ3v) is 6.63. The number of alkyl halides is 3. The number of anilines is 1. The monoisotopic (exact) mass is 568 g/mol. The van der Waals surface area contributed by atoms with Gasteiger partial charge in [0.25, 0.3) is 11.8 Å². The summed E-state index contributed by atoms with van der Waals surface area (Å²) in [6, 6.07) is 11.0. The molecule has 1 aliphatic rings. The van der Waals surface area contributed by atoms with E-state index in [1.165, 1.54) is 38.5 Å². The number of ether oxygens (including phenoxy) is 3. The van der Waals surface area contributed by atoms with E-state index in [2.05, 4.69) is 5.32 Å². The number of methoxy groups -OCH3 is 2. The maximum absolute atomic E-state index is 13.8. The summed E-state index contributed by atoms with van der Waals surface area (Å²) < 4.78 is 57.5. The number of nitrogens with zero attached hydrogens (tertiary/aromatic N) is 1. The summed E-state index contributed by atoms with van der Waals surface area (Å²) in [6.45, 7) is -0.889. The van der Waals surface area contributed by atoms with Gasteiger partial charge in [-0.25, -0.2) is 0 Å². The highest BCUT2D eigenvalue weighted by atomic mass is 35.5. The lowest BCUT2D eigenvalue weighted by atomic mass is 9.99. The van der Waals surface area contributed by atoms with Crippen LogP contribution in [0.4, 0.5) is 18.9 Å². The zero-order valence-electron chi connectivity index (χ0n) is 20.1. The maximum Gasteiger partial charge on any atom is 0.419 e. The third-order valence-electron chi connectivity index (χ3n) is 5.89. The largest absolute Gasteiger partial charge is 0.497 e. The normalized spacial score (nSPS) is 15.3. The Kier molecular flexibility index (Phi) is 7.94. The second-order valence-corrected chi connectivity index (χ2v) is 9.04. The van der Waals surface area contributed by atoms with Crippen LogP contribution in [-0.2, 0) is 22.3 Å². The molecule has 0 saturated carbocycles. The fourth-order valence-corrected chi connectivity index (χ4v) is 4.39. The fourth-order valence-electron chi connectivity index (χ4n) is 4.10. The van der Waals surface area contributed by atoms with Gasteiger partial charge in [0.1, 0.15) is 23.3 Å². The zero-order valence-corrected chi connectivity index (χ0v) is 21.6. The molecule has 2 amide bonds. The molecule has 4 rings (SSSR count). The van der Waals surface area contributed by atoms with Crippen LogP contribution in [0.2, 0.25) is 10.0 Å². The Bertz CT molecular complexity index is 1380. The minimum absolute atomic E-state index is 0.129. The standard InChI is InChI=1S/C26H21Cl2F3N2O5/c1-36-16-8-6-14(21(11-16)37-2)12-33-22(34)13-38-24-17(4-3-5-18(24)26(29,30)31)23(33)25(35)32-15-7-9-19(27)20(28)10-15/h3-11,23H,12-13H2,1-2H3,(H,32,35). The quantitative estimate of drug-likeness (QED) is 0.387. The van der Waals surface area contributed by atoms with Crippen molar-refractivity contribution < 1.29 is 37.0 Å². The van der Waals surface area contributed by atoms with Crippen LogP contribution in [0.5, 0.6) is 17.2 Å². The van der Waals surface area contributed by atoms with Gasteiger partial charge in [0.2, 0.25) is 0 Å². The molecule has 7 nitrogen and oxygen atoms in total. The number of para-hydroxylation sites is 1. The first-order chi connectivity index (χ1) is 18.0. The lowest BCUT2D eigenvalue weighted by Gasteiger charge is -2.30. The molecule has 0 radical (unpaired) electrons. The number of carbonyl (C=O) groups is 2. The summed E-state index contributed by atoms with van der Waals surface area (Å²) in [4.78, 5) is 28.1. The summed E-state index contributed by atoms with van der Waals surface area (Å²) in [6.07, 6.45) is -4.78. The molecule has 0 fully saturated rings. The molecule has 3 aromatic rings. The molecule has 1 N–H and O–H groups in total. The molecule has 1 atom stereocenters. The van der Waals surface area contributed by atoms with Crippen LogP contribution in [0.15, 0.2) is 54.6 Å². The van der Waals surface area contributed by atoms with Gasteiger partial charge in [0.15, 0.2) is 6.61 Å². The minimum atomic E-state index is -4.78. The number of hydrogen-bond donors (Lipinski definition) is 1. The van der Waals surface area contributed by atoms with E-state index in [0.717, 1.165) is 17.0 Å². The van der Waals surface area contributed by atoms with E-state index in [4.69, 9.17) is 37.4 Å². The van der Waals surface area contributed by atoms with Gasteiger partial charge in [0.05, 0.1) is 36.4 Å². The molecule has 0 aliphatic carbocycles. The van der Waals surface area contributed by atoms with Crippen molar-refractivity contribution in [3.05, 3.63) is 81.3 Å².